The third-order valence-corrected chi connectivity index (χ3v) is 2.79. The second kappa shape index (κ2) is 4.61. The van der Waals surface area contributed by atoms with Crippen LogP contribution in [0.2, 0.25) is 0 Å². The third-order valence-electron chi connectivity index (χ3n) is 2.15. The fourth-order valence-electron chi connectivity index (χ4n) is 1.39. The number of pyridine rings is 1. The summed E-state index contributed by atoms with van der Waals surface area (Å²) in [7, 11) is 1.56. The number of hydrogen-bond donors (Lipinski definition) is 0. The van der Waals surface area contributed by atoms with Crippen LogP contribution in [0.3, 0.4) is 0 Å². The molecule has 2 rings (SSSR count). The first kappa shape index (κ1) is 11.1. The van der Waals surface area contributed by atoms with Crippen LogP contribution in [0.1, 0.15) is 5.69 Å². The highest BCUT2D eigenvalue weighted by atomic mass is 79.9. The van der Waals surface area contributed by atoms with E-state index >= 15 is 0 Å². The van der Waals surface area contributed by atoms with Crippen LogP contribution in [-0.4, -0.2) is 12.1 Å². The highest BCUT2D eigenvalue weighted by Gasteiger charge is 2.05. The molecule has 1 aromatic carbocycles. The zero-order valence-electron chi connectivity index (χ0n) is 8.58. The van der Waals surface area contributed by atoms with E-state index in [1.807, 2.05) is 0 Å². The lowest BCUT2D eigenvalue weighted by atomic mass is 10.2. The largest absolute Gasteiger partial charge is 0.504 e. The summed E-state index contributed by atoms with van der Waals surface area (Å²) in [6, 6.07) is 6.51. The van der Waals surface area contributed by atoms with Gasteiger partial charge in [-0.1, -0.05) is 0 Å². The van der Waals surface area contributed by atoms with Crippen molar-refractivity contribution >= 4 is 32.9 Å². The van der Waals surface area contributed by atoms with Gasteiger partial charge in [0.15, 0.2) is 0 Å². The smallest absolute Gasteiger partial charge is 0.132 e. The van der Waals surface area contributed by atoms with Crippen molar-refractivity contribution in [1.82, 2.24) is 4.98 Å². The molecule has 0 bridgehead atoms. The molecule has 0 saturated heterocycles. The standard InChI is InChI=1S/C12H9BrFNO/c1-16-7-6-8-2-3-9-11(14)5-4-10(13)12(9)15-8/h2-7H,1H3/b7-6+. The summed E-state index contributed by atoms with van der Waals surface area (Å²) in [5.41, 5.74) is 1.33. The fraction of sp³-hybridized carbons (Fsp3) is 0.0833. The van der Waals surface area contributed by atoms with E-state index in [0.29, 0.717) is 10.9 Å². The number of benzene rings is 1. The molecule has 0 fully saturated rings. The lowest BCUT2D eigenvalue weighted by Gasteiger charge is -2.02. The molecule has 0 amide bonds. The molecule has 0 spiro atoms. The van der Waals surface area contributed by atoms with Gasteiger partial charge in [-0.15, -0.1) is 0 Å². The molecule has 0 unspecified atom stereocenters. The SMILES string of the molecule is CO/C=C/c1ccc2c(F)ccc(Br)c2n1. The number of fused-ring (bicyclic) bond motifs is 1. The summed E-state index contributed by atoms with van der Waals surface area (Å²) in [5, 5.41) is 0.504. The Morgan fingerprint density at radius 1 is 1.31 bits per heavy atom. The molecule has 0 aliphatic heterocycles. The van der Waals surface area contributed by atoms with Crippen molar-refractivity contribution in [3.8, 4) is 0 Å². The van der Waals surface area contributed by atoms with E-state index in [1.165, 1.54) is 12.3 Å². The summed E-state index contributed by atoms with van der Waals surface area (Å²) < 4.78 is 19.0. The lowest BCUT2D eigenvalue weighted by Crippen LogP contribution is -1.87. The van der Waals surface area contributed by atoms with Crippen molar-refractivity contribution in [2.24, 2.45) is 0 Å². The number of aromatic nitrogens is 1. The topological polar surface area (TPSA) is 22.1 Å². The Morgan fingerprint density at radius 2 is 2.12 bits per heavy atom. The maximum atomic E-state index is 13.4. The van der Waals surface area contributed by atoms with Gasteiger partial charge in [0.2, 0.25) is 0 Å². The second-order valence-electron chi connectivity index (χ2n) is 3.20. The van der Waals surface area contributed by atoms with E-state index in [2.05, 4.69) is 20.9 Å². The van der Waals surface area contributed by atoms with Gasteiger partial charge in [0.1, 0.15) is 5.82 Å². The van der Waals surface area contributed by atoms with E-state index in [1.54, 1.807) is 31.4 Å². The first-order valence-electron chi connectivity index (χ1n) is 4.66. The number of hydrogen-bond acceptors (Lipinski definition) is 2. The predicted octanol–water partition coefficient (Wildman–Crippen LogP) is 3.75. The summed E-state index contributed by atoms with van der Waals surface area (Å²) in [4.78, 5) is 4.32. The Bertz CT molecular complexity index is 554. The number of nitrogens with zero attached hydrogens (tertiary/aromatic N) is 1. The van der Waals surface area contributed by atoms with Gasteiger partial charge in [-0.05, 0) is 46.3 Å². The summed E-state index contributed by atoms with van der Waals surface area (Å²) in [6.07, 6.45) is 3.25. The highest BCUT2D eigenvalue weighted by Crippen LogP contribution is 2.24. The molecule has 1 aromatic heterocycles. The van der Waals surface area contributed by atoms with E-state index in [0.717, 1.165) is 10.2 Å². The fourth-order valence-corrected chi connectivity index (χ4v) is 1.83. The third kappa shape index (κ3) is 2.07. The Balaban J connectivity index is 2.61. The van der Waals surface area contributed by atoms with Crippen LogP contribution >= 0.6 is 15.9 Å². The molecule has 0 N–H and O–H groups in total. The van der Waals surface area contributed by atoms with Crippen LogP contribution < -0.4 is 0 Å². The van der Waals surface area contributed by atoms with E-state index in [9.17, 15) is 4.39 Å². The molecule has 4 heteroatoms. The quantitative estimate of drug-likeness (QED) is 0.782. The minimum absolute atomic E-state index is 0.270. The molecule has 0 aliphatic carbocycles. The van der Waals surface area contributed by atoms with Crippen LogP contribution in [0.4, 0.5) is 4.39 Å². The number of halogens is 2. The van der Waals surface area contributed by atoms with Crippen molar-refractivity contribution in [3.63, 3.8) is 0 Å². The minimum Gasteiger partial charge on any atom is -0.504 e. The van der Waals surface area contributed by atoms with E-state index in [-0.39, 0.29) is 5.82 Å². The Labute approximate surface area is 101 Å². The summed E-state index contributed by atoms with van der Waals surface area (Å²) in [6.45, 7) is 0. The van der Waals surface area contributed by atoms with Crippen molar-refractivity contribution < 1.29 is 9.13 Å². The van der Waals surface area contributed by atoms with Gasteiger partial charge < -0.3 is 4.74 Å². The molecule has 0 radical (unpaired) electrons. The van der Waals surface area contributed by atoms with Crippen LogP contribution in [0, 0.1) is 5.82 Å². The molecular weight excluding hydrogens is 273 g/mol. The average molecular weight is 282 g/mol. The molecule has 1 heterocycles. The zero-order valence-corrected chi connectivity index (χ0v) is 10.2. The van der Waals surface area contributed by atoms with Gasteiger partial charge in [0, 0.05) is 9.86 Å². The first-order valence-corrected chi connectivity index (χ1v) is 5.46. The summed E-state index contributed by atoms with van der Waals surface area (Å²) in [5.74, 6) is -0.270. The van der Waals surface area contributed by atoms with E-state index in [4.69, 9.17) is 4.74 Å². The number of rotatable bonds is 2. The van der Waals surface area contributed by atoms with Gasteiger partial charge in [-0.3, -0.25) is 0 Å². The molecule has 2 nitrogen and oxygen atoms in total. The van der Waals surface area contributed by atoms with Crippen LogP contribution in [0.5, 0.6) is 0 Å². The van der Waals surface area contributed by atoms with Crippen molar-refractivity contribution in [3.05, 3.63) is 46.5 Å². The summed E-state index contributed by atoms with van der Waals surface area (Å²) >= 11 is 3.35. The molecule has 2 aromatic rings. The van der Waals surface area contributed by atoms with Gasteiger partial charge >= 0.3 is 0 Å². The van der Waals surface area contributed by atoms with Crippen LogP contribution in [-0.2, 0) is 4.74 Å². The Hall–Kier alpha value is -1.42. The Kier molecular flexibility index (Phi) is 3.19. The number of methoxy groups -OCH3 is 1. The maximum absolute atomic E-state index is 13.4. The molecule has 82 valence electrons. The lowest BCUT2D eigenvalue weighted by molar-refractivity contribution is 0.341. The van der Waals surface area contributed by atoms with Crippen molar-refractivity contribution in [2.45, 2.75) is 0 Å². The normalized spacial score (nSPS) is 11.2. The first-order chi connectivity index (χ1) is 7.72. The minimum atomic E-state index is -0.270. The molecular formula is C12H9BrFNO. The predicted molar refractivity (Wildman–Crippen MR) is 65.4 cm³/mol. The van der Waals surface area contributed by atoms with Gasteiger partial charge in [0.05, 0.1) is 24.6 Å². The average Bonchev–Trinajstić information content (AvgIpc) is 2.31. The molecule has 16 heavy (non-hydrogen) atoms. The van der Waals surface area contributed by atoms with E-state index < -0.39 is 0 Å². The van der Waals surface area contributed by atoms with Gasteiger partial charge in [-0.2, -0.15) is 0 Å². The maximum Gasteiger partial charge on any atom is 0.132 e. The monoisotopic (exact) mass is 281 g/mol. The highest BCUT2D eigenvalue weighted by molar-refractivity contribution is 9.10. The van der Waals surface area contributed by atoms with Gasteiger partial charge in [0.25, 0.3) is 0 Å². The molecule has 0 atom stereocenters. The molecule has 0 saturated carbocycles. The zero-order chi connectivity index (χ0) is 11.5. The second-order valence-corrected chi connectivity index (χ2v) is 4.05. The van der Waals surface area contributed by atoms with Crippen LogP contribution in [0.25, 0.3) is 17.0 Å². The van der Waals surface area contributed by atoms with Crippen LogP contribution in [0.15, 0.2) is 35.0 Å². The van der Waals surface area contributed by atoms with Crippen molar-refractivity contribution in [2.75, 3.05) is 7.11 Å². The Morgan fingerprint density at radius 3 is 2.88 bits per heavy atom. The number of ether oxygens (including phenoxy) is 1. The van der Waals surface area contributed by atoms with Crippen molar-refractivity contribution in [1.29, 1.82) is 0 Å². The van der Waals surface area contributed by atoms with Gasteiger partial charge in [-0.25, -0.2) is 9.37 Å². The molecule has 0 aliphatic rings.